The van der Waals surface area contributed by atoms with Gasteiger partial charge in [0.05, 0.1) is 5.56 Å². The Kier molecular flexibility index (Phi) is 5.03. The molecule has 21 heavy (non-hydrogen) atoms. The Bertz CT molecular complexity index is 612. The Labute approximate surface area is 129 Å². The Hall–Kier alpha value is -0.960. The lowest BCUT2D eigenvalue weighted by Crippen LogP contribution is -2.45. The lowest BCUT2D eigenvalue weighted by atomic mass is 10.0. The van der Waals surface area contributed by atoms with Crippen molar-refractivity contribution in [3.63, 3.8) is 0 Å². The van der Waals surface area contributed by atoms with Crippen molar-refractivity contribution in [2.45, 2.75) is 29.5 Å². The molecule has 0 saturated carbocycles. The number of carbonyl (C=O) groups is 1. The number of likely N-dealkylation sites (N-methyl/N-ethyl adjacent to an activating group) is 2. The van der Waals surface area contributed by atoms with E-state index in [0.29, 0.717) is 6.54 Å². The van der Waals surface area contributed by atoms with E-state index in [2.05, 4.69) is 4.90 Å². The van der Waals surface area contributed by atoms with Crippen LogP contribution in [0, 0.1) is 0 Å². The summed E-state index contributed by atoms with van der Waals surface area (Å²) in [7, 11) is 0.0561. The van der Waals surface area contributed by atoms with E-state index in [1.807, 2.05) is 7.05 Å². The molecule has 2 rings (SSSR count). The molecule has 1 atom stereocenters. The maximum Gasteiger partial charge on any atom is 0.252 e. The number of hydrogen-bond donors (Lipinski definition) is 1. The van der Waals surface area contributed by atoms with Crippen LogP contribution in [0.1, 0.15) is 29.6 Å². The van der Waals surface area contributed by atoms with Gasteiger partial charge in [-0.05, 0) is 32.5 Å². The second-order valence-electron chi connectivity index (χ2n) is 5.43. The number of hydrogen-bond acceptors (Lipinski definition) is 5. The first kappa shape index (κ1) is 16.4. The molecule has 1 unspecified atom stereocenters. The van der Waals surface area contributed by atoms with E-state index in [1.54, 1.807) is 7.05 Å². The second kappa shape index (κ2) is 6.43. The van der Waals surface area contributed by atoms with Gasteiger partial charge in [0, 0.05) is 25.0 Å². The quantitative estimate of drug-likeness (QED) is 0.871. The summed E-state index contributed by atoms with van der Waals surface area (Å²) in [6, 6.07) is 1.60. The molecule has 6 nitrogen and oxygen atoms in total. The van der Waals surface area contributed by atoms with Gasteiger partial charge in [-0.25, -0.2) is 8.42 Å². The minimum absolute atomic E-state index is 0.164. The van der Waals surface area contributed by atoms with Gasteiger partial charge in [0.15, 0.2) is 0 Å². The molecule has 0 aromatic carbocycles. The largest absolute Gasteiger partial charge is 0.366 e. The Morgan fingerprint density at radius 3 is 2.81 bits per heavy atom. The Balaban J connectivity index is 2.12. The van der Waals surface area contributed by atoms with Crippen LogP contribution in [-0.4, -0.2) is 56.8 Å². The zero-order valence-corrected chi connectivity index (χ0v) is 13.9. The molecule has 8 heteroatoms. The zero-order chi connectivity index (χ0) is 15.6. The molecular formula is C13H21N3O3S2. The monoisotopic (exact) mass is 331 g/mol. The molecule has 1 amide bonds. The van der Waals surface area contributed by atoms with Crippen LogP contribution >= 0.6 is 11.3 Å². The molecule has 0 radical (unpaired) electrons. The molecule has 0 aliphatic carbocycles. The number of primary amides is 1. The number of nitrogens with zero attached hydrogens (tertiary/aromatic N) is 2. The molecule has 1 saturated heterocycles. The molecule has 2 N–H and O–H groups in total. The van der Waals surface area contributed by atoms with E-state index < -0.39 is 15.9 Å². The molecule has 1 aromatic heterocycles. The number of amides is 1. The highest BCUT2D eigenvalue weighted by atomic mass is 32.2. The van der Waals surface area contributed by atoms with Gasteiger partial charge in [0.2, 0.25) is 5.91 Å². The SMILES string of the molecule is CN1CCCCC1CN(C)S(=O)(=O)c1cc(C(N)=O)cs1. The maximum absolute atomic E-state index is 12.5. The number of nitrogens with two attached hydrogens (primary N) is 1. The van der Waals surface area contributed by atoms with Gasteiger partial charge in [-0.1, -0.05) is 6.42 Å². The predicted molar refractivity (Wildman–Crippen MR) is 82.9 cm³/mol. The molecule has 1 aliphatic rings. The highest BCUT2D eigenvalue weighted by Gasteiger charge is 2.28. The number of rotatable bonds is 5. The van der Waals surface area contributed by atoms with Crippen LogP contribution in [0.25, 0.3) is 0 Å². The van der Waals surface area contributed by atoms with Crippen molar-refractivity contribution in [1.29, 1.82) is 0 Å². The third-order valence-electron chi connectivity index (χ3n) is 3.91. The van der Waals surface area contributed by atoms with Crippen LogP contribution in [0.2, 0.25) is 0 Å². The first-order valence-electron chi connectivity index (χ1n) is 6.87. The summed E-state index contributed by atoms with van der Waals surface area (Å²) < 4.78 is 26.6. The summed E-state index contributed by atoms with van der Waals surface area (Å²) in [5.74, 6) is -0.609. The van der Waals surface area contributed by atoms with Gasteiger partial charge in [0.25, 0.3) is 10.0 Å². The molecule has 0 bridgehead atoms. The van der Waals surface area contributed by atoms with E-state index in [4.69, 9.17) is 5.73 Å². The van der Waals surface area contributed by atoms with Crippen molar-refractivity contribution < 1.29 is 13.2 Å². The van der Waals surface area contributed by atoms with Gasteiger partial charge in [-0.3, -0.25) is 4.79 Å². The number of sulfonamides is 1. The van der Waals surface area contributed by atoms with Crippen LogP contribution in [0.4, 0.5) is 0 Å². The van der Waals surface area contributed by atoms with Crippen molar-refractivity contribution >= 4 is 27.3 Å². The third kappa shape index (κ3) is 3.63. The average Bonchev–Trinajstić information content (AvgIpc) is 2.91. The topological polar surface area (TPSA) is 83.7 Å². The first-order chi connectivity index (χ1) is 9.82. The second-order valence-corrected chi connectivity index (χ2v) is 8.62. The Morgan fingerprint density at radius 1 is 1.52 bits per heavy atom. The van der Waals surface area contributed by atoms with Crippen LogP contribution in [0.5, 0.6) is 0 Å². The number of carbonyl (C=O) groups excluding carboxylic acids is 1. The number of likely N-dealkylation sites (tertiary alicyclic amines) is 1. The fourth-order valence-corrected chi connectivity index (χ4v) is 5.09. The number of thiophene rings is 1. The summed E-state index contributed by atoms with van der Waals surface area (Å²) in [4.78, 5) is 13.3. The fourth-order valence-electron chi connectivity index (χ4n) is 2.50. The van der Waals surface area contributed by atoms with Gasteiger partial charge in [-0.15, -0.1) is 11.3 Å². The standard InChI is InChI=1S/C13H21N3O3S2/c1-15-6-4-3-5-11(15)8-16(2)21(18,19)12-7-10(9-20-12)13(14)17/h7,9,11H,3-6,8H2,1-2H3,(H2,14,17). The highest BCUT2D eigenvalue weighted by Crippen LogP contribution is 2.24. The first-order valence-corrected chi connectivity index (χ1v) is 9.19. The lowest BCUT2D eigenvalue weighted by molar-refractivity contribution is 0.100. The minimum atomic E-state index is -3.56. The lowest BCUT2D eigenvalue weighted by Gasteiger charge is -2.34. The van der Waals surface area contributed by atoms with Crippen LogP contribution in [-0.2, 0) is 10.0 Å². The summed E-state index contributed by atoms with van der Waals surface area (Å²) in [5, 5.41) is 1.48. The van der Waals surface area contributed by atoms with Gasteiger partial charge in [-0.2, -0.15) is 4.31 Å². The van der Waals surface area contributed by atoms with Crippen molar-refractivity contribution in [3.8, 4) is 0 Å². The van der Waals surface area contributed by atoms with E-state index in [-0.39, 0.29) is 15.8 Å². The van der Waals surface area contributed by atoms with E-state index in [0.717, 1.165) is 37.1 Å². The van der Waals surface area contributed by atoms with Crippen molar-refractivity contribution in [3.05, 3.63) is 17.0 Å². The smallest absolute Gasteiger partial charge is 0.252 e. The zero-order valence-electron chi connectivity index (χ0n) is 12.3. The predicted octanol–water partition coefficient (Wildman–Crippen LogP) is 0.952. The van der Waals surface area contributed by atoms with E-state index in [1.165, 1.54) is 15.8 Å². The van der Waals surface area contributed by atoms with Crippen LogP contribution < -0.4 is 5.73 Å². The molecule has 1 aliphatic heterocycles. The normalized spacial score (nSPS) is 20.8. The van der Waals surface area contributed by atoms with Gasteiger partial charge < -0.3 is 10.6 Å². The summed E-state index contributed by atoms with van der Waals surface area (Å²) in [5.41, 5.74) is 5.40. The molecular weight excluding hydrogens is 310 g/mol. The van der Waals surface area contributed by atoms with Crippen molar-refractivity contribution in [2.75, 3.05) is 27.2 Å². The van der Waals surface area contributed by atoms with Crippen LogP contribution in [0.3, 0.4) is 0 Å². The number of piperidine rings is 1. The summed E-state index contributed by atoms with van der Waals surface area (Å²) in [6.45, 7) is 1.46. The molecule has 118 valence electrons. The van der Waals surface area contributed by atoms with Gasteiger partial charge in [0.1, 0.15) is 4.21 Å². The molecule has 2 heterocycles. The third-order valence-corrected chi connectivity index (χ3v) is 7.15. The van der Waals surface area contributed by atoms with Crippen LogP contribution in [0.15, 0.2) is 15.7 Å². The van der Waals surface area contributed by atoms with E-state index >= 15 is 0 Å². The minimum Gasteiger partial charge on any atom is -0.366 e. The maximum atomic E-state index is 12.5. The summed E-state index contributed by atoms with van der Waals surface area (Å²) >= 11 is 1.03. The fraction of sp³-hybridized carbons (Fsp3) is 0.615. The van der Waals surface area contributed by atoms with E-state index in [9.17, 15) is 13.2 Å². The van der Waals surface area contributed by atoms with Crippen molar-refractivity contribution in [1.82, 2.24) is 9.21 Å². The highest BCUT2D eigenvalue weighted by molar-refractivity contribution is 7.91. The molecule has 1 fully saturated rings. The van der Waals surface area contributed by atoms with Crippen molar-refractivity contribution in [2.24, 2.45) is 5.73 Å². The average molecular weight is 331 g/mol. The molecule has 1 aromatic rings. The summed E-state index contributed by atoms with van der Waals surface area (Å²) in [6.07, 6.45) is 3.30. The Morgan fingerprint density at radius 2 is 2.24 bits per heavy atom. The van der Waals surface area contributed by atoms with Gasteiger partial charge >= 0.3 is 0 Å². The molecule has 0 spiro atoms.